The fourth-order valence-corrected chi connectivity index (χ4v) is 2.45. The molecule has 0 unspecified atom stereocenters. The lowest BCUT2D eigenvalue weighted by Crippen LogP contribution is -2.50. The van der Waals surface area contributed by atoms with Crippen molar-refractivity contribution in [2.45, 2.75) is 25.9 Å². The molecule has 1 aromatic rings. The van der Waals surface area contributed by atoms with Gasteiger partial charge >= 0.3 is 5.97 Å². The number of piperazine rings is 1. The first-order valence-corrected chi connectivity index (χ1v) is 6.47. The summed E-state index contributed by atoms with van der Waals surface area (Å²) in [6.45, 7) is 6.08. The lowest BCUT2D eigenvalue weighted by atomic mass is 10.1. The molecule has 4 nitrogen and oxygen atoms in total. The molecule has 2 N–H and O–H groups in total. The Labute approximate surface area is 108 Å². The SMILES string of the molecule is CC[C@H]1CNCCN1Cc1cccc(C(=O)O)c1. The number of carboxylic acids is 1. The summed E-state index contributed by atoms with van der Waals surface area (Å²) in [6, 6.07) is 7.79. The second-order valence-electron chi connectivity index (χ2n) is 4.74. The molecule has 1 aliphatic rings. The van der Waals surface area contributed by atoms with Gasteiger partial charge in [0.15, 0.2) is 0 Å². The van der Waals surface area contributed by atoms with Gasteiger partial charge in [0.2, 0.25) is 0 Å². The van der Waals surface area contributed by atoms with Crippen LogP contribution in [0, 0.1) is 0 Å². The highest BCUT2D eigenvalue weighted by Gasteiger charge is 2.20. The van der Waals surface area contributed by atoms with Crippen molar-refractivity contribution in [3.63, 3.8) is 0 Å². The highest BCUT2D eigenvalue weighted by atomic mass is 16.4. The number of aromatic carboxylic acids is 1. The zero-order valence-electron chi connectivity index (χ0n) is 10.7. The number of nitrogens with zero attached hydrogens (tertiary/aromatic N) is 1. The van der Waals surface area contributed by atoms with Crippen molar-refractivity contribution in [3.8, 4) is 0 Å². The maximum absolute atomic E-state index is 10.9. The number of rotatable bonds is 4. The Morgan fingerprint density at radius 2 is 2.39 bits per heavy atom. The normalized spacial score (nSPS) is 20.8. The van der Waals surface area contributed by atoms with Crippen molar-refractivity contribution >= 4 is 5.97 Å². The summed E-state index contributed by atoms with van der Waals surface area (Å²) in [5, 5.41) is 12.4. The summed E-state index contributed by atoms with van der Waals surface area (Å²) < 4.78 is 0. The van der Waals surface area contributed by atoms with Gasteiger partial charge in [0.05, 0.1) is 5.56 Å². The van der Waals surface area contributed by atoms with Gasteiger partial charge in [0, 0.05) is 32.2 Å². The molecule has 2 rings (SSSR count). The van der Waals surface area contributed by atoms with Gasteiger partial charge in [-0.1, -0.05) is 19.1 Å². The van der Waals surface area contributed by atoms with Crippen LogP contribution < -0.4 is 5.32 Å². The Bertz CT molecular complexity index is 420. The van der Waals surface area contributed by atoms with Gasteiger partial charge in [-0.15, -0.1) is 0 Å². The minimum Gasteiger partial charge on any atom is -0.478 e. The summed E-state index contributed by atoms with van der Waals surface area (Å²) in [6.07, 6.45) is 1.12. The molecular formula is C14H20N2O2. The van der Waals surface area contributed by atoms with Gasteiger partial charge in [0.1, 0.15) is 0 Å². The van der Waals surface area contributed by atoms with E-state index in [0.717, 1.165) is 38.2 Å². The van der Waals surface area contributed by atoms with E-state index in [2.05, 4.69) is 17.1 Å². The second-order valence-corrected chi connectivity index (χ2v) is 4.74. The molecule has 0 radical (unpaired) electrons. The van der Waals surface area contributed by atoms with Crippen LogP contribution in [0.3, 0.4) is 0 Å². The molecule has 1 aliphatic heterocycles. The molecule has 1 heterocycles. The summed E-state index contributed by atoms with van der Waals surface area (Å²) in [5.41, 5.74) is 1.45. The van der Waals surface area contributed by atoms with E-state index < -0.39 is 5.97 Å². The van der Waals surface area contributed by atoms with Crippen LogP contribution in [0.1, 0.15) is 29.3 Å². The molecule has 4 heteroatoms. The van der Waals surface area contributed by atoms with E-state index in [1.165, 1.54) is 0 Å². The van der Waals surface area contributed by atoms with Crippen LogP contribution in [0.2, 0.25) is 0 Å². The van der Waals surface area contributed by atoms with Crippen LogP contribution in [-0.4, -0.2) is 41.7 Å². The molecule has 98 valence electrons. The van der Waals surface area contributed by atoms with Crippen LogP contribution >= 0.6 is 0 Å². The van der Waals surface area contributed by atoms with Crippen LogP contribution in [0.4, 0.5) is 0 Å². The lowest BCUT2D eigenvalue weighted by molar-refractivity contribution is 0.0696. The van der Waals surface area contributed by atoms with E-state index in [1.807, 2.05) is 12.1 Å². The van der Waals surface area contributed by atoms with E-state index >= 15 is 0 Å². The molecule has 0 aromatic heterocycles. The first-order valence-electron chi connectivity index (χ1n) is 6.47. The standard InChI is InChI=1S/C14H20N2O2/c1-2-13-9-15-6-7-16(13)10-11-4-3-5-12(8-11)14(17)18/h3-5,8,13,15H,2,6-7,9-10H2,1H3,(H,17,18)/t13-/m0/s1. The number of carboxylic acid groups (broad SMARTS) is 1. The van der Waals surface area contributed by atoms with Crippen molar-refractivity contribution < 1.29 is 9.90 Å². The zero-order chi connectivity index (χ0) is 13.0. The van der Waals surface area contributed by atoms with Crippen molar-refractivity contribution in [2.24, 2.45) is 0 Å². The van der Waals surface area contributed by atoms with E-state index in [0.29, 0.717) is 11.6 Å². The van der Waals surface area contributed by atoms with Gasteiger partial charge in [0.25, 0.3) is 0 Å². The molecule has 0 amide bonds. The summed E-state index contributed by atoms with van der Waals surface area (Å²) in [4.78, 5) is 13.4. The summed E-state index contributed by atoms with van der Waals surface area (Å²) in [7, 11) is 0. The van der Waals surface area contributed by atoms with Gasteiger partial charge in [-0.3, -0.25) is 4.90 Å². The average molecular weight is 248 g/mol. The second kappa shape index (κ2) is 5.98. The molecule has 1 saturated heterocycles. The number of carbonyl (C=O) groups is 1. The smallest absolute Gasteiger partial charge is 0.335 e. The number of hydrogen-bond acceptors (Lipinski definition) is 3. The largest absolute Gasteiger partial charge is 0.478 e. The van der Waals surface area contributed by atoms with E-state index in [-0.39, 0.29) is 0 Å². The summed E-state index contributed by atoms with van der Waals surface area (Å²) >= 11 is 0. The first kappa shape index (κ1) is 13.1. The Balaban J connectivity index is 2.07. The predicted molar refractivity (Wildman–Crippen MR) is 70.8 cm³/mol. The van der Waals surface area contributed by atoms with E-state index in [1.54, 1.807) is 12.1 Å². The Morgan fingerprint density at radius 3 is 3.11 bits per heavy atom. The fourth-order valence-electron chi connectivity index (χ4n) is 2.45. The topological polar surface area (TPSA) is 52.6 Å². The van der Waals surface area contributed by atoms with Crippen molar-refractivity contribution in [1.29, 1.82) is 0 Å². The van der Waals surface area contributed by atoms with Crippen LogP contribution in [0.5, 0.6) is 0 Å². The highest BCUT2D eigenvalue weighted by Crippen LogP contribution is 2.14. The predicted octanol–water partition coefficient (Wildman–Crippen LogP) is 1.57. The Morgan fingerprint density at radius 1 is 1.56 bits per heavy atom. The Kier molecular flexibility index (Phi) is 4.33. The molecular weight excluding hydrogens is 228 g/mol. The maximum Gasteiger partial charge on any atom is 0.335 e. The highest BCUT2D eigenvalue weighted by molar-refractivity contribution is 5.87. The van der Waals surface area contributed by atoms with Crippen LogP contribution in [0.15, 0.2) is 24.3 Å². The van der Waals surface area contributed by atoms with Crippen molar-refractivity contribution in [2.75, 3.05) is 19.6 Å². The number of benzene rings is 1. The van der Waals surface area contributed by atoms with Gasteiger partial charge in [-0.05, 0) is 24.1 Å². The molecule has 0 aliphatic carbocycles. The van der Waals surface area contributed by atoms with Crippen molar-refractivity contribution in [3.05, 3.63) is 35.4 Å². The summed E-state index contributed by atoms with van der Waals surface area (Å²) in [5.74, 6) is -0.857. The third-order valence-electron chi connectivity index (χ3n) is 3.50. The zero-order valence-corrected chi connectivity index (χ0v) is 10.7. The van der Waals surface area contributed by atoms with Crippen LogP contribution in [0.25, 0.3) is 0 Å². The quantitative estimate of drug-likeness (QED) is 0.849. The molecule has 1 atom stereocenters. The van der Waals surface area contributed by atoms with Gasteiger partial charge < -0.3 is 10.4 Å². The molecule has 0 saturated carbocycles. The van der Waals surface area contributed by atoms with E-state index in [4.69, 9.17) is 5.11 Å². The number of nitrogens with one attached hydrogen (secondary N) is 1. The maximum atomic E-state index is 10.9. The van der Waals surface area contributed by atoms with E-state index in [9.17, 15) is 4.79 Å². The third kappa shape index (κ3) is 3.09. The van der Waals surface area contributed by atoms with Crippen molar-refractivity contribution in [1.82, 2.24) is 10.2 Å². The minimum atomic E-state index is -0.857. The molecule has 18 heavy (non-hydrogen) atoms. The molecule has 1 aromatic carbocycles. The molecule has 0 bridgehead atoms. The molecule has 0 spiro atoms. The fraction of sp³-hybridized carbons (Fsp3) is 0.500. The monoisotopic (exact) mass is 248 g/mol. The third-order valence-corrected chi connectivity index (χ3v) is 3.50. The molecule has 1 fully saturated rings. The van der Waals surface area contributed by atoms with Gasteiger partial charge in [-0.2, -0.15) is 0 Å². The average Bonchev–Trinajstić information content (AvgIpc) is 2.39. The number of hydrogen-bond donors (Lipinski definition) is 2. The lowest BCUT2D eigenvalue weighted by Gasteiger charge is -2.35. The van der Waals surface area contributed by atoms with Crippen LogP contribution in [-0.2, 0) is 6.54 Å². The minimum absolute atomic E-state index is 0.371. The Hall–Kier alpha value is -1.39. The first-order chi connectivity index (χ1) is 8.70. The van der Waals surface area contributed by atoms with Gasteiger partial charge in [-0.25, -0.2) is 4.79 Å².